The Hall–Kier alpha value is -3.47. The zero-order valence-corrected chi connectivity index (χ0v) is 27.6. The molecular formula is C36H45F4N5O2. The molecule has 4 atom stereocenters. The van der Waals surface area contributed by atoms with Gasteiger partial charge in [0.05, 0.1) is 11.0 Å². The minimum atomic E-state index is -5.09. The van der Waals surface area contributed by atoms with Gasteiger partial charge in [0.2, 0.25) is 5.91 Å². The molecule has 4 heterocycles. The Labute approximate surface area is 273 Å². The van der Waals surface area contributed by atoms with E-state index in [4.69, 9.17) is 4.98 Å². The molecule has 3 aliphatic heterocycles. The molecule has 254 valence electrons. The van der Waals surface area contributed by atoms with Crippen LogP contribution < -0.4 is 5.32 Å². The molecule has 1 aromatic heterocycles. The highest BCUT2D eigenvalue weighted by molar-refractivity contribution is 5.93. The number of fused-ring (bicyclic) bond motifs is 3. The van der Waals surface area contributed by atoms with Gasteiger partial charge in [-0.05, 0) is 106 Å². The Morgan fingerprint density at radius 3 is 2.28 bits per heavy atom. The number of para-hydroxylation sites is 2. The number of piperidine rings is 2. The molecule has 1 N–H and O–H groups in total. The molecule has 0 saturated carbocycles. The summed E-state index contributed by atoms with van der Waals surface area (Å²) in [5, 5.41) is 1.98. The van der Waals surface area contributed by atoms with Crippen molar-refractivity contribution in [2.45, 2.75) is 108 Å². The van der Waals surface area contributed by atoms with Crippen LogP contribution in [0.1, 0.15) is 83.1 Å². The third-order valence-corrected chi connectivity index (χ3v) is 11.5. The van der Waals surface area contributed by atoms with Gasteiger partial charge in [0.15, 0.2) is 0 Å². The van der Waals surface area contributed by atoms with Gasteiger partial charge in [0.25, 0.3) is 0 Å². The average molecular weight is 656 g/mol. The van der Waals surface area contributed by atoms with Crippen LogP contribution in [-0.4, -0.2) is 74.6 Å². The number of carbonyl (C=O) groups excluding carboxylic acids is 2. The van der Waals surface area contributed by atoms with E-state index in [0.717, 1.165) is 55.6 Å². The van der Waals surface area contributed by atoms with Crippen molar-refractivity contribution in [3.63, 3.8) is 0 Å². The molecule has 2 bridgehead atoms. The number of hydrogen-bond acceptors (Lipinski definition) is 4. The van der Waals surface area contributed by atoms with Crippen LogP contribution in [0.25, 0.3) is 11.0 Å². The Morgan fingerprint density at radius 2 is 1.66 bits per heavy atom. The molecule has 3 aromatic rings. The molecule has 0 aliphatic carbocycles. The van der Waals surface area contributed by atoms with Crippen LogP contribution in [0.4, 0.5) is 17.6 Å². The fourth-order valence-corrected chi connectivity index (χ4v) is 8.51. The first kappa shape index (κ1) is 33.4. The molecule has 7 nitrogen and oxygen atoms in total. The van der Waals surface area contributed by atoms with E-state index in [1.807, 2.05) is 17.4 Å². The number of rotatable bonds is 8. The maximum absolute atomic E-state index is 14.6. The lowest BCUT2D eigenvalue weighted by Crippen LogP contribution is -2.64. The van der Waals surface area contributed by atoms with E-state index in [1.54, 1.807) is 30.9 Å². The van der Waals surface area contributed by atoms with Crippen molar-refractivity contribution in [3.8, 4) is 0 Å². The van der Waals surface area contributed by atoms with Crippen LogP contribution in [0.2, 0.25) is 0 Å². The summed E-state index contributed by atoms with van der Waals surface area (Å²) in [6, 6.07) is 16.3. The minimum absolute atomic E-state index is 0.307. The predicted octanol–water partition coefficient (Wildman–Crippen LogP) is 6.70. The number of nitrogens with one attached hydrogen (secondary N) is 1. The first-order chi connectivity index (χ1) is 22.2. The van der Waals surface area contributed by atoms with Crippen molar-refractivity contribution in [1.29, 1.82) is 0 Å². The number of likely N-dealkylation sites (tertiary alicyclic amines) is 1. The standard InChI is InChI=1S/C36H45F4N5O2/c1-23(2)34(4,42-32(46)36(38,39)40)33(47)43-17-14-35(15-18-43,25-8-7-9-26(37)20-25)16-19-44-27-12-13-28(44)22-29(21-27)45-24(3)41-30-10-5-6-11-31(30)45/h5-11,20,23,27-29H,12-19,21-22H2,1-4H3,(H,42,46)/t27-,28+,29?,34?. The highest BCUT2D eigenvalue weighted by Crippen LogP contribution is 2.45. The first-order valence-electron chi connectivity index (χ1n) is 16.9. The predicted molar refractivity (Wildman–Crippen MR) is 172 cm³/mol. The van der Waals surface area contributed by atoms with Gasteiger partial charge in [0.1, 0.15) is 17.2 Å². The van der Waals surface area contributed by atoms with Crippen molar-refractivity contribution in [2.75, 3.05) is 19.6 Å². The number of hydrogen-bond donors (Lipinski definition) is 1. The van der Waals surface area contributed by atoms with E-state index in [0.29, 0.717) is 44.1 Å². The van der Waals surface area contributed by atoms with E-state index >= 15 is 0 Å². The smallest absolute Gasteiger partial charge is 0.341 e. The molecule has 47 heavy (non-hydrogen) atoms. The largest absolute Gasteiger partial charge is 0.471 e. The van der Waals surface area contributed by atoms with Crippen molar-refractivity contribution < 1.29 is 27.2 Å². The normalized spacial score (nSPS) is 24.4. The molecule has 2 amide bonds. The number of carbonyl (C=O) groups is 2. The maximum Gasteiger partial charge on any atom is 0.471 e. The summed E-state index contributed by atoms with van der Waals surface area (Å²) < 4.78 is 56.5. The summed E-state index contributed by atoms with van der Waals surface area (Å²) in [4.78, 5) is 34.7. The fourth-order valence-electron chi connectivity index (χ4n) is 8.51. The summed E-state index contributed by atoms with van der Waals surface area (Å²) in [7, 11) is 0. The van der Waals surface area contributed by atoms with Gasteiger partial charge >= 0.3 is 12.1 Å². The summed E-state index contributed by atoms with van der Waals surface area (Å²) >= 11 is 0. The second kappa shape index (κ2) is 12.5. The number of amides is 2. The monoisotopic (exact) mass is 655 g/mol. The molecular weight excluding hydrogens is 610 g/mol. The Balaban J connectivity index is 1.18. The van der Waals surface area contributed by atoms with Crippen LogP contribution in [0.15, 0.2) is 48.5 Å². The fraction of sp³-hybridized carbons (Fsp3) is 0.583. The number of aryl methyl sites for hydroxylation is 1. The molecule has 0 spiro atoms. The van der Waals surface area contributed by atoms with Gasteiger partial charge in [-0.2, -0.15) is 13.2 Å². The lowest BCUT2D eigenvalue weighted by Gasteiger charge is -2.47. The highest BCUT2D eigenvalue weighted by atomic mass is 19.4. The Kier molecular flexibility index (Phi) is 8.91. The van der Waals surface area contributed by atoms with E-state index in [9.17, 15) is 27.2 Å². The van der Waals surface area contributed by atoms with Crippen molar-refractivity contribution in [3.05, 3.63) is 65.7 Å². The SMILES string of the molecule is Cc1nc2ccccc2n1C1C[C@H]2CC[C@@H](C1)N2CCC1(c2cccc(F)c2)CCN(C(=O)C(C)(NC(=O)C(F)(F)F)C(C)C)CC1. The van der Waals surface area contributed by atoms with Crippen LogP contribution >= 0.6 is 0 Å². The first-order valence-corrected chi connectivity index (χ1v) is 16.9. The highest BCUT2D eigenvalue weighted by Gasteiger charge is 2.50. The number of halogens is 4. The van der Waals surface area contributed by atoms with E-state index in [1.165, 1.54) is 18.5 Å². The van der Waals surface area contributed by atoms with Crippen molar-refractivity contribution in [1.82, 2.24) is 24.7 Å². The van der Waals surface area contributed by atoms with Gasteiger partial charge in [-0.1, -0.05) is 38.1 Å². The summed E-state index contributed by atoms with van der Waals surface area (Å²) in [5.41, 5.74) is 0.993. The van der Waals surface area contributed by atoms with Gasteiger partial charge in [-0.25, -0.2) is 9.37 Å². The topological polar surface area (TPSA) is 70.5 Å². The third kappa shape index (κ3) is 6.27. The van der Waals surface area contributed by atoms with E-state index < -0.39 is 34.9 Å². The molecule has 3 saturated heterocycles. The lowest BCUT2D eigenvalue weighted by molar-refractivity contribution is -0.177. The minimum Gasteiger partial charge on any atom is -0.341 e. The molecule has 2 aromatic carbocycles. The number of alkyl halides is 3. The van der Waals surface area contributed by atoms with Gasteiger partial charge < -0.3 is 14.8 Å². The van der Waals surface area contributed by atoms with Crippen LogP contribution in [0.3, 0.4) is 0 Å². The van der Waals surface area contributed by atoms with Gasteiger partial charge in [-0.3, -0.25) is 14.5 Å². The Bertz CT molecular complexity index is 1610. The van der Waals surface area contributed by atoms with Crippen LogP contribution in [0, 0.1) is 18.7 Å². The summed E-state index contributed by atoms with van der Waals surface area (Å²) in [5.74, 6) is -2.49. The molecule has 11 heteroatoms. The number of benzene rings is 2. The zero-order chi connectivity index (χ0) is 33.7. The second-order valence-corrected chi connectivity index (χ2v) is 14.4. The zero-order valence-electron chi connectivity index (χ0n) is 27.6. The van der Waals surface area contributed by atoms with Gasteiger partial charge in [-0.15, -0.1) is 0 Å². The number of nitrogens with zero attached hydrogens (tertiary/aromatic N) is 4. The molecule has 2 unspecified atom stereocenters. The van der Waals surface area contributed by atoms with Crippen LogP contribution in [-0.2, 0) is 15.0 Å². The van der Waals surface area contributed by atoms with Crippen molar-refractivity contribution >= 4 is 22.8 Å². The average Bonchev–Trinajstić information content (AvgIpc) is 3.49. The van der Waals surface area contributed by atoms with E-state index in [2.05, 4.69) is 34.6 Å². The third-order valence-electron chi connectivity index (χ3n) is 11.5. The summed E-state index contributed by atoms with van der Waals surface area (Å²) in [6.45, 7) is 8.17. The molecule has 6 rings (SSSR count). The maximum atomic E-state index is 14.6. The molecule has 3 fully saturated rings. The molecule has 0 radical (unpaired) electrons. The quantitative estimate of drug-likeness (QED) is 0.275. The number of aromatic nitrogens is 2. The van der Waals surface area contributed by atoms with Crippen LogP contribution in [0.5, 0.6) is 0 Å². The van der Waals surface area contributed by atoms with Gasteiger partial charge in [0, 0.05) is 31.2 Å². The number of imidazole rings is 1. The second-order valence-electron chi connectivity index (χ2n) is 14.4. The summed E-state index contributed by atoms with van der Waals surface area (Å²) in [6.07, 6.45) is 1.17. The van der Waals surface area contributed by atoms with Crippen molar-refractivity contribution in [2.24, 2.45) is 5.92 Å². The lowest BCUT2D eigenvalue weighted by atomic mass is 9.69. The Morgan fingerprint density at radius 1 is 1.00 bits per heavy atom. The molecule has 3 aliphatic rings. The van der Waals surface area contributed by atoms with E-state index in [-0.39, 0.29) is 5.82 Å².